The molecule has 0 spiro atoms. The minimum Gasteiger partial charge on any atom is -0.308 e. The smallest absolute Gasteiger partial charge is 0.0897 e. The molecule has 0 aliphatic carbocycles. The summed E-state index contributed by atoms with van der Waals surface area (Å²) in [5.41, 5.74) is 1.25. The lowest BCUT2D eigenvalue weighted by Gasteiger charge is -2.22. The van der Waals surface area contributed by atoms with Crippen molar-refractivity contribution < 1.29 is 0 Å². The van der Waals surface area contributed by atoms with Crippen molar-refractivity contribution in [1.29, 1.82) is 0 Å². The molecule has 3 nitrogen and oxygen atoms in total. The first kappa shape index (κ1) is 15.4. The Hall–Kier alpha value is -0.940. The molecule has 0 amide bonds. The standard InChI is InChI=1S/C15H20ClN3S/c1-11-17-8-14(20-11)9-18-15(10-19(2)3)12-4-6-13(16)7-5-12/h4-8,15,18H,9-10H2,1-3H3. The number of thiazole rings is 1. The molecule has 0 bridgehead atoms. The molecule has 1 N–H and O–H groups in total. The van der Waals surface area contributed by atoms with Crippen LogP contribution >= 0.6 is 22.9 Å². The van der Waals surface area contributed by atoms with Gasteiger partial charge in [0.25, 0.3) is 0 Å². The summed E-state index contributed by atoms with van der Waals surface area (Å²) in [7, 11) is 4.17. The predicted octanol–water partition coefficient (Wildman–Crippen LogP) is 3.50. The molecule has 108 valence electrons. The number of nitrogens with zero attached hydrogens (tertiary/aromatic N) is 2. The van der Waals surface area contributed by atoms with Gasteiger partial charge in [-0.2, -0.15) is 0 Å². The fourth-order valence-corrected chi connectivity index (χ4v) is 2.93. The van der Waals surface area contributed by atoms with E-state index in [1.54, 1.807) is 11.3 Å². The molecule has 0 radical (unpaired) electrons. The molecule has 1 heterocycles. The fourth-order valence-electron chi connectivity index (χ4n) is 2.06. The minimum absolute atomic E-state index is 0.282. The summed E-state index contributed by atoms with van der Waals surface area (Å²) < 4.78 is 0. The number of hydrogen-bond donors (Lipinski definition) is 1. The summed E-state index contributed by atoms with van der Waals surface area (Å²) in [6, 6.07) is 8.34. The van der Waals surface area contributed by atoms with Crippen molar-refractivity contribution in [2.45, 2.75) is 19.5 Å². The van der Waals surface area contributed by atoms with E-state index in [0.29, 0.717) is 0 Å². The number of benzene rings is 1. The highest BCUT2D eigenvalue weighted by Crippen LogP contribution is 2.19. The Morgan fingerprint density at radius 1 is 1.30 bits per heavy atom. The van der Waals surface area contributed by atoms with Gasteiger partial charge < -0.3 is 10.2 Å². The van der Waals surface area contributed by atoms with E-state index in [1.165, 1.54) is 10.4 Å². The molecule has 0 saturated heterocycles. The maximum atomic E-state index is 5.96. The molecule has 1 atom stereocenters. The number of likely N-dealkylation sites (N-methyl/N-ethyl adjacent to an activating group) is 1. The molecular weight excluding hydrogens is 290 g/mol. The Labute approximate surface area is 129 Å². The molecule has 1 aromatic carbocycles. The zero-order valence-corrected chi connectivity index (χ0v) is 13.6. The first-order valence-corrected chi connectivity index (χ1v) is 7.79. The van der Waals surface area contributed by atoms with Crippen LogP contribution in [0.15, 0.2) is 30.5 Å². The van der Waals surface area contributed by atoms with Crippen molar-refractivity contribution in [2.75, 3.05) is 20.6 Å². The second kappa shape index (κ2) is 7.18. The van der Waals surface area contributed by atoms with Gasteiger partial charge in [-0.15, -0.1) is 11.3 Å². The van der Waals surface area contributed by atoms with Crippen LogP contribution in [0, 0.1) is 6.92 Å². The number of aryl methyl sites for hydroxylation is 1. The summed E-state index contributed by atoms with van der Waals surface area (Å²) in [6.45, 7) is 3.82. The van der Waals surface area contributed by atoms with Crippen LogP contribution in [0.25, 0.3) is 0 Å². The SMILES string of the molecule is Cc1ncc(CNC(CN(C)C)c2ccc(Cl)cc2)s1. The van der Waals surface area contributed by atoms with Gasteiger partial charge in [-0.25, -0.2) is 4.98 Å². The molecule has 20 heavy (non-hydrogen) atoms. The fraction of sp³-hybridized carbons (Fsp3) is 0.400. The van der Waals surface area contributed by atoms with E-state index in [1.807, 2.05) is 25.3 Å². The molecule has 0 saturated carbocycles. The van der Waals surface area contributed by atoms with Crippen LogP contribution < -0.4 is 5.32 Å². The highest BCUT2D eigenvalue weighted by Gasteiger charge is 2.12. The van der Waals surface area contributed by atoms with Gasteiger partial charge in [0.2, 0.25) is 0 Å². The van der Waals surface area contributed by atoms with Gasteiger partial charge in [0, 0.05) is 35.2 Å². The normalized spacial score (nSPS) is 12.8. The van der Waals surface area contributed by atoms with Gasteiger partial charge in [-0.1, -0.05) is 23.7 Å². The molecule has 2 rings (SSSR count). The Morgan fingerprint density at radius 2 is 2.00 bits per heavy atom. The van der Waals surface area contributed by atoms with Gasteiger partial charge in [-0.05, 0) is 38.7 Å². The topological polar surface area (TPSA) is 28.2 Å². The third-order valence-electron chi connectivity index (χ3n) is 3.01. The zero-order chi connectivity index (χ0) is 14.5. The van der Waals surface area contributed by atoms with E-state index in [4.69, 9.17) is 11.6 Å². The molecular formula is C15H20ClN3S. The van der Waals surface area contributed by atoms with Crippen LogP contribution in [0.4, 0.5) is 0 Å². The van der Waals surface area contributed by atoms with Gasteiger partial charge in [0.1, 0.15) is 0 Å². The molecule has 1 aromatic heterocycles. The average molecular weight is 310 g/mol. The van der Waals surface area contributed by atoms with E-state index in [2.05, 4.69) is 41.4 Å². The first-order chi connectivity index (χ1) is 9.54. The number of halogens is 1. The van der Waals surface area contributed by atoms with Crippen molar-refractivity contribution in [3.05, 3.63) is 50.9 Å². The van der Waals surface area contributed by atoms with Gasteiger partial charge in [0.15, 0.2) is 0 Å². The number of rotatable bonds is 6. The van der Waals surface area contributed by atoms with Crippen LogP contribution in [-0.4, -0.2) is 30.5 Å². The lowest BCUT2D eigenvalue weighted by Crippen LogP contribution is -2.30. The average Bonchev–Trinajstić information content (AvgIpc) is 2.81. The molecule has 5 heteroatoms. The van der Waals surface area contributed by atoms with Crippen LogP contribution in [0.2, 0.25) is 5.02 Å². The van der Waals surface area contributed by atoms with Crippen molar-refractivity contribution >= 4 is 22.9 Å². The molecule has 1 unspecified atom stereocenters. The van der Waals surface area contributed by atoms with Crippen molar-refractivity contribution in [1.82, 2.24) is 15.2 Å². The van der Waals surface area contributed by atoms with E-state index in [0.717, 1.165) is 23.1 Å². The van der Waals surface area contributed by atoms with Gasteiger partial charge in [-0.3, -0.25) is 0 Å². The summed E-state index contributed by atoms with van der Waals surface area (Å²) in [6.07, 6.45) is 1.95. The van der Waals surface area contributed by atoms with Crippen LogP contribution in [0.3, 0.4) is 0 Å². The molecule has 0 fully saturated rings. The van der Waals surface area contributed by atoms with E-state index < -0.39 is 0 Å². The summed E-state index contributed by atoms with van der Waals surface area (Å²) in [4.78, 5) is 7.74. The van der Waals surface area contributed by atoms with Crippen molar-refractivity contribution in [3.63, 3.8) is 0 Å². The second-order valence-corrected chi connectivity index (χ2v) is 6.85. The Morgan fingerprint density at radius 3 is 2.55 bits per heavy atom. The monoisotopic (exact) mass is 309 g/mol. The lowest BCUT2D eigenvalue weighted by molar-refractivity contribution is 0.341. The summed E-state index contributed by atoms with van der Waals surface area (Å²) in [5.74, 6) is 0. The van der Waals surface area contributed by atoms with Crippen molar-refractivity contribution in [2.24, 2.45) is 0 Å². The maximum absolute atomic E-state index is 5.96. The number of aromatic nitrogens is 1. The predicted molar refractivity (Wildman–Crippen MR) is 86.4 cm³/mol. The quantitative estimate of drug-likeness (QED) is 0.885. The summed E-state index contributed by atoms with van der Waals surface area (Å²) >= 11 is 7.70. The maximum Gasteiger partial charge on any atom is 0.0897 e. The van der Waals surface area contributed by atoms with Crippen molar-refractivity contribution in [3.8, 4) is 0 Å². The second-order valence-electron chi connectivity index (χ2n) is 5.09. The summed E-state index contributed by atoms with van der Waals surface area (Å²) in [5, 5.41) is 5.48. The first-order valence-electron chi connectivity index (χ1n) is 6.59. The van der Waals surface area contributed by atoms with Gasteiger partial charge in [0.05, 0.1) is 5.01 Å². The van der Waals surface area contributed by atoms with Crippen LogP contribution in [0.5, 0.6) is 0 Å². The molecule has 0 aliphatic rings. The number of nitrogens with one attached hydrogen (secondary N) is 1. The highest BCUT2D eigenvalue weighted by molar-refractivity contribution is 7.11. The van der Waals surface area contributed by atoms with Crippen LogP contribution in [0.1, 0.15) is 21.5 Å². The third kappa shape index (κ3) is 4.56. The largest absolute Gasteiger partial charge is 0.308 e. The Bertz CT molecular complexity index is 536. The van der Waals surface area contributed by atoms with E-state index in [-0.39, 0.29) is 6.04 Å². The molecule has 2 aromatic rings. The lowest BCUT2D eigenvalue weighted by atomic mass is 10.1. The van der Waals surface area contributed by atoms with E-state index >= 15 is 0 Å². The van der Waals surface area contributed by atoms with Crippen LogP contribution in [-0.2, 0) is 6.54 Å². The molecule has 0 aliphatic heterocycles. The number of hydrogen-bond acceptors (Lipinski definition) is 4. The van der Waals surface area contributed by atoms with E-state index in [9.17, 15) is 0 Å². The minimum atomic E-state index is 0.282. The Kier molecular flexibility index (Phi) is 5.54. The van der Waals surface area contributed by atoms with Gasteiger partial charge >= 0.3 is 0 Å². The Balaban J connectivity index is 2.05. The highest BCUT2D eigenvalue weighted by atomic mass is 35.5. The zero-order valence-electron chi connectivity index (χ0n) is 12.1. The third-order valence-corrected chi connectivity index (χ3v) is 4.18.